The van der Waals surface area contributed by atoms with Crippen molar-refractivity contribution in [3.05, 3.63) is 28.0 Å². The zero-order chi connectivity index (χ0) is 22.8. The predicted molar refractivity (Wildman–Crippen MR) is 118 cm³/mol. The molecule has 168 valence electrons. The van der Waals surface area contributed by atoms with Crippen molar-refractivity contribution in [2.75, 3.05) is 38.9 Å². The summed E-state index contributed by atoms with van der Waals surface area (Å²) in [4.78, 5) is 30.3. The number of carbonyl (C=O) groups excluding carboxylic acids is 2. The summed E-state index contributed by atoms with van der Waals surface area (Å²) < 4.78 is 16.6. The summed E-state index contributed by atoms with van der Waals surface area (Å²) in [7, 11) is 2.82. The average Bonchev–Trinajstić information content (AvgIpc) is 3.07. The van der Waals surface area contributed by atoms with E-state index >= 15 is 0 Å². The molecule has 2 N–H and O–H groups in total. The number of allylic oxidation sites excluding steroid dienone is 1. The highest BCUT2D eigenvalue weighted by Crippen LogP contribution is 2.54. The number of aliphatic imine (C=N–C) groups is 1. The van der Waals surface area contributed by atoms with Crippen LogP contribution in [0.3, 0.4) is 0 Å². The quantitative estimate of drug-likeness (QED) is 0.441. The summed E-state index contributed by atoms with van der Waals surface area (Å²) >= 11 is 7.90. The molecule has 2 atom stereocenters. The van der Waals surface area contributed by atoms with Crippen LogP contribution in [0.5, 0.6) is 17.2 Å². The van der Waals surface area contributed by atoms with Crippen LogP contribution in [-0.2, 0) is 4.79 Å². The second-order valence-electron chi connectivity index (χ2n) is 7.13. The van der Waals surface area contributed by atoms with Gasteiger partial charge < -0.3 is 24.4 Å². The minimum atomic E-state index is -1.80. The number of aliphatic hydroxyl groups is 2. The number of hydrogen-bond acceptors (Lipinski definition) is 9. The molecule has 0 saturated carbocycles. The van der Waals surface area contributed by atoms with E-state index in [4.69, 9.17) is 30.9 Å². The topological polar surface area (TPSA) is 115 Å². The lowest BCUT2D eigenvalue weighted by atomic mass is 9.73. The van der Waals surface area contributed by atoms with Gasteiger partial charge in [-0.2, -0.15) is 11.8 Å². The van der Waals surface area contributed by atoms with Gasteiger partial charge in [0.25, 0.3) is 0 Å². The molecule has 3 rings (SSSR count). The number of benzene rings is 1. The number of aliphatic hydroxyl groups excluding tert-OH is 2. The molecule has 10 heteroatoms. The molecule has 0 fully saturated rings. The van der Waals surface area contributed by atoms with E-state index in [0.717, 1.165) is 0 Å². The lowest BCUT2D eigenvalue weighted by Crippen LogP contribution is -2.52. The fraction of sp³-hybridized carbons (Fsp3) is 0.476. The fourth-order valence-electron chi connectivity index (χ4n) is 3.75. The summed E-state index contributed by atoms with van der Waals surface area (Å²) in [6.45, 7) is 2.13. The van der Waals surface area contributed by atoms with Gasteiger partial charge in [-0.3, -0.25) is 14.6 Å². The molecule has 1 aromatic carbocycles. The first-order valence-electron chi connectivity index (χ1n) is 9.67. The number of thioether (sulfide) groups is 1. The molecule has 0 radical (unpaired) electrons. The first kappa shape index (κ1) is 23.4. The first-order chi connectivity index (χ1) is 14.8. The summed E-state index contributed by atoms with van der Waals surface area (Å²) in [6, 6.07) is 1.48. The van der Waals surface area contributed by atoms with Gasteiger partial charge in [0.15, 0.2) is 17.3 Å². The maximum Gasteiger partial charge on any atom is 0.231 e. The normalized spacial score (nSPS) is 22.9. The zero-order valence-corrected chi connectivity index (χ0v) is 19.0. The second kappa shape index (κ2) is 9.50. The van der Waals surface area contributed by atoms with Gasteiger partial charge in [-0.15, -0.1) is 0 Å². The molecule has 1 spiro atoms. The molecular weight excluding hydrogens is 446 g/mol. The minimum Gasteiger partial charge on any atom is -0.507 e. The Morgan fingerprint density at radius 2 is 2.03 bits per heavy atom. The zero-order valence-electron chi connectivity index (χ0n) is 17.4. The maximum absolute atomic E-state index is 13.5. The number of methoxy groups -OCH3 is 2. The number of ether oxygens (including phenoxy) is 3. The van der Waals surface area contributed by atoms with Crippen molar-refractivity contribution >= 4 is 41.1 Å². The summed E-state index contributed by atoms with van der Waals surface area (Å²) in [5, 5.41) is 20.0. The van der Waals surface area contributed by atoms with Crippen LogP contribution in [0.2, 0.25) is 5.02 Å². The molecule has 0 aromatic heterocycles. The van der Waals surface area contributed by atoms with E-state index in [0.29, 0.717) is 18.1 Å². The first-order valence-corrected chi connectivity index (χ1v) is 11.2. The van der Waals surface area contributed by atoms with Crippen LogP contribution in [0, 0.1) is 5.92 Å². The molecule has 1 aromatic rings. The minimum absolute atomic E-state index is 0.0124. The van der Waals surface area contributed by atoms with Crippen molar-refractivity contribution in [2.45, 2.75) is 18.9 Å². The number of rotatable bonds is 8. The summed E-state index contributed by atoms with van der Waals surface area (Å²) in [5.74, 6) is -0.253. The van der Waals surface area contributed by atoms with E-state index in [1.165, 1.54) is 38.3 Å². The number of halogens is 1. The van der Waals surface area contributed by atoms with Crippen molar-refractivity contribution in [1.29, 1.82) is 0 Å². The van der Waals surface area contributed by atoms with Gasteiger partial charge in [-0.25, -0.2) is 0 Å². The highest BCUT2D eigenvalue weighted by molar-refractivity contribution is 7.99. The molecule has 0 saturated heterocycles. The van der Waals surface area contributed by atoms with Crippen molar-refractivity contribution in [1.82, 2.24) is 0 Å². The monoisotopic (exact) mass is 469 g/mol. The second-order valence-corrected chi connectivity index (χ2v) is 8.73. The SMILES string of the molecule is COc1cc(OC)c2c(c1Cl)OC1(C2=O)C(O)=C(C=NCCSCCO)C(=O)CC1C. The molecule has 1 aliphatic carbocycles. The predicted octanol–water partition coefficient (Wildman–Crippen LogP) is 2.89. The van der Waals surface area contributed by atoms with E-state index in [-0.39, 0.29) is 52.2 Å². The third-order valence-electron chi connectivity index (χ3n) is 5.33. The van der Waals surface area contributed by atoms with E-state index < -0.39 is 23.1 Å². The Morgan fingerprint density at radius 3 is 2.68 bits per heavy atom. The number of hydrogen-bond donors (Lipinski definition) is 2. The highest BCUT2D eigenvalue weighted by atomic mass is 35.5. The van der Waals surface area contributed by atoms with Gasteiger partial charge in [-0.05, 0) is 0 Å². The summed E-state index contributed by atoms with van der Waals surface area (Å²) in [5.41, 5.74) is -1.77. The van der Waals surface area contributed by atoms with Gasteiger partial charge in [-0.1, -0.05) is 18.5 Å². The number of nitrogens with zero attached hydrogens (tertiary/aromatic N) is 1. The van der Waals surface area contributed by atoms with Gasteiger partial charge in [0, 0.05) is 42.7 Å². The van der Waals surface area contributed by atoms with Gasteiger partial charge >= 0.3 is 0 Å². The number of ketones is 2. The fourth-order valence-corrected chi connectivity index (χ4v) is 4.58. The van der Waals surface area contributed by atoms with Gasteiger partial charge in [0.2, 0.25) is 11.4 Å². The lowest BCUT2D eigenvalue weighted by Gasteiger charge is -2.36. The van der Waals surface area contributed by atoms with E-state index in [1.54, 1.807) is 6.92 Å². The van der Waals surface area contributed by atoms with E-state index in [9.17, 15) is 14.7 Å². The third kappa shape index (κ3) is 3.90. The molecule has 0 bridgehead atoms. The molecule has 0 amide bonds. The number of Topliss-reactive ketones (excluding diaryl/α,β-unsaturated/α-hetero) is 2. The Balaban J connectivity index is 2.03. The molecule has 31 heavy (non-hydrogen) atoms. The van der Waals surface area contributed by atoms with Crippen LogP contribution in [0.15, 0.2) is 22.4 Å². The molecular formula is C21H24ClNO7S. The highest BCUT2D eigenvalue weighted by Gasteiger charge is 2.60. The van der Waals surface area contributed by atoms with Crippen molar-refractivity contribution in [2.24, 2.45) is 10.9 Å². The largest absolute Gasteiger partial charge is 0.507 e. The van der Waals surface area contributed by atoms with Gasteiger partial charge in [0.05, 0.1) is 26.4 Å². The maximum atomic E-state index is 13.5. The Labute approximate surface area is 189 Å². The number of carbonyl (C=O) groups is 2. The lowest BCUT2D eigenvalue weighted by molar-refractivity contribution is -0.118. The van der Waals surface area contributed by atoms with Crippen molar-refractivity contribution < 1.29 is 34.0 Å². The van der Waals surface area contributed by atoms with Gasteiger partial charge in [0.1, 0.15) is 22.1 Å². The Hall–Kier alpha value is -2.23. The van der Waals surface area contributed by atoms with Crippen LogP contribution in [0.25, 0.3) is 0 Å². The summed E-state index contributed by atoms with van der Waals surface area (Å²) in [6.07, 6.45) is 1.27. The van der Waals surface area contributed by atoms with Crippen LogP contribution in [0.4, 0.5) is 0 Å². The average molecular weight is 470 g/mol. The molecule has 2 aliphatic rings. The smallest absolute Gasteiger partial charge is 0.231 e. The number of fused-ring (bicyclic) bond motifs is 1. The van der Waals surface area contributed by atoms with E-state index in [1.807, 2.05) is 0 Å². The van der Waals surface area contributed by atoms with Crippen LogP contribution >= 0.6 is 23.4 Å². The van der Waals surface area contributed by atoms with Crippen molar-refractivity contribution in [3.8, 4) is 17.2 Å². The standard InChI is InChI=1S/C21H24ClNO7S/c1-11-8-13(25)12(10-23-4-6-31-7-5-24)19(26)21(11)20(27)16-14(28-2)9-15(29-3)17(22)18(16)30-21/h9-11,24,26H,4-8H2,1-3H3. The van der Waals surface area contributed by atoms with Crippen molar-refractivity contribution in [3.63, 3.8) is 0 Å². The Morgan fingerprint density at radius 1 is 1.32 bits per heavy atom. The molecule has 8 nitrogen and oxygen atoms in total. The van der Waals surface area contributed by atoms with Crippen LogP contribution in [0.1, 0.15) is 23.7 Å². The molecule has 1 heterocycles. The van der Waals surface area contributed by atoms with Crippen LogP contribution < -0.4 is 14.2 Å². The van der Waals surface area contributed by atoms with Crippen LogP contribution in [-0.4, -0.2) is 72.5 Å². The Kier molecular flexibility index (Phi) is 7.18. The Bertz CT molecular complexity index is 962. The molecule has 2 unspecified atom stereocenters. The molecule has 1 aliphatic heterocycles. The van der Waals surface area contributed by atoms with E-state index in [2.05, 4.69) is 4.99 Å². The third-order valence-corrected chi connectivity index (χ3v) is 6.63.